The third-order valence-electron chi connectivity index (χ3n) is 7.75. The molecule has 1 aliphatic carbocycles. The minimum absolute atomic E-state index is 0.157. The van der Waals surface area contributed by atoms with E-state index in [-0.39, 0.29) is 17.9 Å². The number of nitrogens with zero attached hydrogens (tertiary/aromatic N) is 1. The molecule has 0 saturated heterocycles. The van der Waals surface area contributed by atoms with Gasteiger partial charge < -0.3 is 25.4 Å². The summed E-state index contributed by atoms with van der Waals surface area (Å²) in [4.78, 5) is 15.5. The van der Waals surface area contributed by atoms with Crippen molar-refractivity contribution in [3.05, 3.63) is 77.0 Å². The Labute approximate surface area is 247 Å². The number of amides is 1. The monoisotopic (exact) mass is 559 g/mol. The van der Waals surface area contributed by atoms with Crippen LogP contribution in [0.5, 0.6) is 11.5 Å². The van der Waals surface area contributed by atoms with Crippen molar-refractivity contribution in [2.24, 2.45) is 11.7 Å². The highest BCUT2D eigenvalue weighted by atomic mass is 16.5. The Kier molecular flexibility index (Phi) is 12.1. The average Bonchev–Trinajstić information content (AvgIpc) is 3.50. The van der Waals surface area contributed by atoms with E-state index in [4.69, 9.17) is 15.2 Å². The fourth-order valence-electron chi connectivity index (χ4n) is 5.16. The molecule has 2 aromatic rings. The molecule has 1 aliphatic rings. The zero-order valence-electron chi connectivity index (χ0n) is 26.0. The molecule has 41 heavy (non-hydrogen) atoms. The summed E-state index contributed by atoms with van der Waals surface area (Å²) in [7, 11) is 3.20. The van der Waals surface area contributed by atoms with E-state index in [0.29, 0.717) is 23.6 Å². The van der Waals surface area contributed by atoms with E-state index in [1.54, 1.807) is 14.2 Å². The molecule has 0 bridgehead atoms. The number of benzene rings is 2. The molecule has 0 spiro atoms. The largest absolute Gasteiger partial charge is 0.496 e. The first-order valence-electron chi connectivity index (χ1n) is 15.0. The van der Waals surface area contributed by atoms with Crippen LogP contribution >= 0.6 is 0 Å². The van der Waals surface area contributed by atoms with Gasteiger partial charge in [0, 0.05) is 30.1 Å². The van der Waals surface area contributed by atoms with Crippen molar-refractivity contribution < 1.29 is 14.3 Å². The minimum atomic E-state index is -0.157. The van der Waals surface area contributed by atoms with Crippen LogP contribution in [0.15, 0.2) is 60.3 Å². The molecule has 1 atom stereocenters. The number of carbonyl (C=O) groups is 1. The van der Waals surface area contributed by atoms with Gasteiger partial charge >= 0.3 is 0 Å². The lowest BCUT2D eigenvalue weighted by Gasteiger charge is -2.26. The average molecular weight is 560 g/mol. The molecule has 0 heterocycles. The highest BCUT2D eigenvalue weighted by molar-refractivity contribution is 6.01. The molecule has 3 rings (SSSR count). The molecule has 1 fully saturated rings. The molecular weight excluding hydrogens is 510 g/mol. The zero-order chi connectivity index (χ0) is 29.9. The summed E-state index contributed by atoms with van der Waals surface area (Å²) in [5.74, 6) is 1.10. The fraction of sp³-hybridized carbons (Fsp3) is 0.457. The maximum Gasteiger partial charge on any atom is 0.259 e. The quantitative estimate of drug-likeness (QED) is 0.243. The highest BCUT2D eigenvalue weighted by Gasteiger charge is 2.25. The van der Waals surface area contributed by atoms with Gasteiger partial charge in [0.1, 0.15) is 17.1 Å². The van der Waals surface area contributed by atoms with Crippen LogP contribution in [0.2, 0.25) is 0 Å². The topological polar surface area (TPSA) is 76.8 Å². The van der Waals surface area contributed by atoms with E-state index >= 15 is 0 Å². The van der Waals surface area contributed by atoms with Gasteiger partial charge in [-0.05, 0) is 80.8 Å². The summed E-state index contributed by atoms with van der Waals surface area (Å²) in [5, 5.41) is 3.18. The van der Waals surface area contributed by atoms with Gasteiger partial charge in [0.25, 0.3) is 5.91 Å². The van der Waals surface area contributed by atoms with Crippen LogP contribution in [0, 0.1) is 12.8 Å². The number of methoxy groups -OCH3 is 2. The van der Waals surface area contributed by atoms with E-state index in [2.05, 4.69) is 87.5 Å². The highest BCUT2D eigenvalue weighted by Crippen LogP contribution is 2.39. The first-order chi connectivity index (χ1) is 19.8. The van der Waals surface area contributed by atoms with Gasteiger partial charge in [0.05, 0.1) is 19.9 Å². The number of nitrogens with two attached hydrogens (primary N) is 1. The predicted octanol–water partition coefficient (Wildman–Crippen LogP) is 8.08. The number of allylic oxidation sites excluding steroid dienone is 4. The van der Waals surface area contributed by atoms with E-state index in [1.165, 1.54) is 11.1 Å². The second-order valence-electron chi connectivity index (χ2n) is 11.0. The summed E-state index contributed by atoms with van der Waals surface area (Å²) < 4.78 is 11.6. The smallest absolute Gasteiger partial charge is 0.259 e. The second-order valence-corrected chi connectivity index (χ2v) is 11.0. The fourth-order valence-corrected chi connectivity index (χ4v) is 5.16. The molecular formula is C35H49N3O3. The summed E-state index contributed by atoms with van der Waals surface area (Å²) in [6.45, 7) is 11.3. The van der Waals surface area contributed by atoms with Crippen molar-refractivity contribution >= 4 is 22.9 Å². The lowest BCUT2D eigenvalue weighted by Crippen LogP contribution is -2.33. The Balaban J connectivity index is 2.11. The third kappa shape index (κ3) is 8.26. The van der Waals surface area contributed by atoms with Crippen LogP contribution in [-0.4, -0.2) is 32.7 Å². The number of nitrogens with one attached hydrogen (secondary N) is 1. The lowest BCUT2D eigenvalue weighted by atomic mass is 9.97. The summed E-state index contributed by atoms with van der Waals surface area (Å²) in [6.07, 6.45) is 15.0. The van der Waals surface area contributed by atoms with Gasteiger partial charge in [0.15, 0.2) is 0 Å². The van der Waals surface area contributed by atoms with E-state index < -0.39 is 0 Å². The van der Waals surface area contributed by atoms with Crippen LogP contribution in [0.4, 0.5) is 11.4 Å². The standard InChI is InChI=1S/C35H49N3O3/c1-8-10-13-27(18-25(4)22-36)28-16-17-31(26(5)19-28)38(23-24(3)9-2)30-20-32(40-6)34(33(21-30)41-7)35(39)37-29-14-11-12-15-29/h10,13,16-21,23,25,29H,8-9,11-12,14-15,22,36H2,1-7H3,(H,37,39)/b13-10+,24-23-,27-18+. The Morgan fingerprint density at radius 2 is 1.78 bits per heavy atom. The molecule has 6 heteroatoms. The van der Waals surface area contributed by atoms with E-state index in [1.807, 2.05) is 12.1 Å². The number of carbonyl (C=O) groups excluding carboxylic acids is 1. The summed E-state index contributed by atoms with van der Waals surface area (Å²) >= 11 is 0. The summed E-state index contributed by atoms with van der Waals surface area (Å²) in [5.41, 5.74) is 12.9. The van der Waals surface area contributed by atoms with Gasteiger partial charge in [-0.2, -0.15) is 0 Å². The Morgan fingerprint density at radius 3 is 2.32 bits per heavy atom. The van der Waals surface area contributed by atoms with Crippen LogP contribution in [0.1, 0.15) is 87.7 Å². The number of aryl methyl sites for hydroxylation is 1. The number of rotatable bonds is 13. The zero-order valence-corrected chi connectivity index (χ0v) is 26.0. The van der Waals surface area contributed by atoms with E-state index in [0.717, 1.165) is 61.0 Å². The molecule has 2 aromatic carbocycles. The van der Waals surface area contributed by atoms with Crippen molar-refractivity contribution in [2.75, 3.05) is 25.7 Å². The first kappa shape index (κ1) is 32.0. The Hall–Kier alpha value is -3.51. The van der Waals surface area contributed by atoms with Gasteiger partial charge in [0.2, 0.25) is 0 Å². The van der Waals surface area contributed by atoms with Crippen molar-refractivity contribution in [2.45, 2.75) is 79.2 Å². The molecule has 3 N–H and O–H groups in total. The van der Waals surface area contributed by atoms with Crippen LogP contribution in [0.25, 0.3) is 5.57 Å². The number of hydrogen-bond acceptors (Lipinski definition) is 5. The van der Waals surface area contributed by atoms with Gasteiger partial charge in [-0.1, -0.05) is 63.5 Å². The number of ether oxygens (including phenoxy) is 2. The molecule has 1 amide bonds. The molecule has 222 valence electrons. The Morgan fingerprint density at radius 1 is 1.12 bits per heavy atom. The molecule has 1 saturated carbocycles. The molecule has 0 radical (unpaired) electrons. The maximum atomic E-state index is 13.3. The molecule has 0 aliphatic heterocycles. The molecule has 6 nitrogen and oxygen atoms in total. The van der Waals surface area contributed by atoms with Crippen molar-refractivity contribution in [3.8, 4) is 11.5 Å². The van der Waals surface area contributed by atoms with Gasteiger partial charge in [-0.15, -0.1) is 0 Å². The predicted molar refractivity (Wildman–Crippen MR) is 172 cm³/mol. The van der Waals surface area contributed by atoms with E-state index in [9.17, 15) is 4.79 Å². The first-order valence-corrected chi connectivity index (χ1v) is 15.0. The SMILES string of the molecule is CC/C=C/C(=C\C(C)CN)c1ccc(N(/C=C(/C)CC)c2cc(OC)c(C(=O)NC3CCCC3)c(OC)c2)c(C)c1. The van der Waals surface area contributed by atoms with Crippen molar-refractivity contribution in [3.63, 3.8) is 0 Å². The van der Waals surface area contributed by atoms with Gasteiger partial charge in [-0.25, -0.2) is 0 Å². The van der Waals surface area contributed by atoms with Crippen LogP contribution < -0.4 is 25.4 Å². The maximum absolute atomic E-state index is 13.3. The van der Waals surface area contributed by atoms with Crippen molar-refractivity contribution in [1.82, 2.24) is 5.32 Å². The third-order valence-corrected chi connectivity index (χ3v) is 7.75. The number of hydrogen-bond donors (Lipinski definition) is 2. The second kappa shape index (κ2) is 15.5. The van der Waals surface area contributed by atoms with Crippen LogP contribution in [-0.2, 0) is 0 Å². The van der Waals surface area contributed by atoms with Crippen LogP contribution in [0.3, 0.4) is 0 Å². The Bertz CT molecular complexity index is 1250. The molecule has 0 aromatic heterocycles. The lowest BCUT2D eigenvalue weighted by molar-refractivity contribution is 0.0931. The summed E-state index contributed by atoms with van der Waals surface area (Å²) in [6, 6.07) is 10.6. The number of anilines is 2. The normalized spacial score (nSPS) is 15.3. The molecule has 1 unspecified atom stereocenters. The van der Waals surface area contributed by atoms with Gasteiger partial charge in [-0.3, -0.25) is 4.79 Å². The van der Waals surface area contributed by atoms with Crippen molar-refractivity contribution in [1.29, 1.82) is 0 Å². The minimum Gasteiger partial charge on any atom is -0.496 e.